The number of aromatic nitrogens is 2. The number of nitrogens with zero attached hydrogens (tertiary/aromatic N) is 2. The minimum Gasteiger partial charge on any atom is -0.461 e. The zero-order chi connectivity index (χ0) is 70.7. The molecule has 11 unspecified atom stereocenters. The molecule has 0 saturated heterocycles. The van der Waals surface area contributed by atoms with Crippen LogP contribution in [0.1, 0.15) is 176 Å². The molecule has 0 aliphatic rings. The molecule has 3 aromatic rings. The fourth-order valence-electron chi connectivity index (χ4n) is 10.0. The van der Waals surface area contributed by atoms with Gasteiger partial charge in [-0.3, -0.25) is 43.2 Å². The maximum atomic E-state index is 14.9. The van der Waals surface area contributed by atoms with Crippen molar-refractivity contribution in [1.29, 1.82) is 0 Å². The molecule has 9 N–H and O–H groups in total. The van der Waals surface area contributed by atoms with Crippen LogP contribution in [0.2, 0.25) is 0 Å². The smallest absolute Gasteiger partial charge is 0.408 e. The summed E-state index contributed by atoms with van der Waals surface area (Å²) in [7, 11) is 0. The highest BCUT2D eigenvalue weighted by Crippen LogP contribution is 2.23. The van der Waals surface area contributed by atoms with Crippen molar-refractivity contribution in [2.45, 2.75) is 231 Å². The van der Waals surface area contributed by atoms with Crippen molar-refractivity contribution in [3.63, 3.8) is 0 Å². The van der Waals surface area contributed by atoms with E-state index in [4.69, 9.17) is 18.6 Å². The fourth-order valence-corrected chi connectivity index (χ4v) is 10.9. The van der Waals surface area contributed by atoms with E-state index in [-0.39, 0.29) is 85.8 Å². The molecule has 0 aliphatic carbocycles. The molecule has 26 heteroatoms. The Hall–Kier alpha value is -7.48. The summed E-state index contributed by atoms with van der Waals surface area (Å²) in [5.74, 6) is -8.93. The molecule has 3 rings (SSSR count). The van der Waals surface area contributed by atoms with Gasteiger partial charge in [0.15, 0.2) is 5.89 Å². The topological polar surface area (TPSA) is 354 Å². The van der Waals surface area contributed by atoms with E-state index in [0.717, 1.165) is 5.69 Å². The third-order valence-electron chi connectivity index (χ3n) is 15.4. The third-order valence-corrected chi connectivity index (χ3v) is 16.4. The number of alkyl carbamates (subject to hydrolysis) is 1. The Morgan fingerprint density at radius 2 is 1.02 bits per heavy atom. The Bertz CT molecular complexity index is 2930. The molecule has 0 spiro atoms. The van der Waals surface area contributed by atoms with Crippen molar-refractivity contribution in [1.82, 2.24) is 52.5 Å². The molecule has 0 saturated carbocycles. The molecule has 526 valence electrons. The highest BCUT2D eigenvalue weighted by atomic mass is 32.1. The number of benzene rings is 1. The van der Waals surface area contributed by atoms with Crippen LogP contribution in [0.3, 0.4) is 0 Å². The lowest BCUT2D eigenvalue weighted by Gasteiger charge is -2.33. The van der Waals surface area contributed by atoms with Crippen LogP contribution in [-0.4, -0.2) is 136 Å². The number of ether oxygens (including phenoxy) is 3. The molecule has 0 radical (unpaired) electrons. The average molecular weight is 1340 g/mol. The number of hydrogen-bond acceptors (Lipinski definition) is 18. The Labute approximate surface area is 559 Å². The highest BCUT2D eigenvalue weighted by Gasteiger charge is 2.39. The summed E-state index contributed by atoms with van der Waals surface area (Å²) in [6.45, 7) is 32.3. The molecular formula is C68H108N10O15S. The Morgan fingerprint density at radius 1 is 0.521 bits per heavy atom. The lowest BCUT2D eigenvalue weighted by atomic mass is 9.91. The van der Waals surface area contributed by atoms with Gasteiger partial charge in [0, 0.05) is 55.3 Å². The number of aliphatic hydroxyl groups excluding tert-OH is 1. The van der Waals surface area contributed by atoms with Gasteiger partial charge in [0.1, 0.15) is 54.9 Å². The van der Waals surface area contributed by atoms with E-state index >= 15 is 0 Å². The Morgan fingerprint density at radius 3 is 1.51 bits per heavy atom. The molecule has 0 aliphatic heterocycles. The van der Waals surface area contributed by atoms with Crippen LogP contribution in [0, 0.1) is 74.0 Å². The largest absolute Gasteiger partial charge is 0.461 e. The number of aliphatic hydroxyl groups is 1. The minimum atomic E-state index is -1.79. The van der Waals surface area contributed by atoms with Crippen molar-refractivity contribution in [2.24, 2.45) is 53.3 Å². The van der Waals surface area contributed by atoms with Crippen LogP contribution in [0.15, 0.2) is 40.1 Å². The quantitative estimate of drug-likeness (QED) is 0.0210. The Balaban J connectivity index is 2.13. The van der Waals surface area contributed by atoms with Gasteiger partial charge in [-0.25, -0.2) is 14.8 Å². The summed E-state index contributed by atoms with van der Waals surface area (Å²) >= 11 is 1.37. The molecule has 8 amide bonds. The number of aryl methyl sites for hydroxylation is 3. The van der Waals surface area contributed by atoms with E-state index in [0.29, 0.717) is 35.3 Å². The SMILES string of the molecule is Cc1csc(CC(C)C(=O)NC(CC(=O)OCc2ccccc2)C(=O)NC(CC(C)C)C(CC(C)C(=O)NC(C(=O)NCC(C)C)C(C)C)OC(=O)CC(NC(=O)OCc2nc(C)oc2C)C(=O)NC(CC(C)C)C(O)CC(C)C(=O)NC(C(=O)NCC(C)C)C(C)C)n1. The molecule has 0 bridgehead atoms. The predicted octanol–water partition coefficient (Wildman–Crippen LogP) is 6.75. The van der Waals surface area contributed by atoms with Gasteiger partial charge in [-0.15, -0.1) is 11.3 Å². The van der Waals surface area contributed by atoms with Crippen molar-refractivity contribution >= 4 is 70.7 Å². The van der Waals surface area contributed by atoms with Gasteiger partial charge in [0.05, 0.1) is 36.0 Å². The van der Waals surface area contributed by atoms with Crippen molar-refractivity contribution in [3.05, 3.63) is 69.3 Å². The number of esters is 2. The lowest BCUT2D eigenvalue weighted by molar-refractivity contribution is -0.155. The van der Waals surface area contributed by atoms with E-state index in [2.05, 4.69) is 52.5 Å². The van der Waals surface area contributed by atoms with Gasteiger partial charge in [-0.05, 0) is 80.6 Å². The van der Waals surface area contributed by atoms with Crippen LogP contribution in [0.5, 0.6) is 0 Å². The number of carbonyl (C=O) groups excluding carboxylic acids is 10. The summed E-state index contributed by atoms with van der Waals surface area (Å²) in [6.07, 6.45) is -5.49. The standard InChI is InChI=1S/C68H108N10O15S/c1-36(2)24-49(54(79)26-42(13)62(83)77-59(40(9)10)66(87)69-31-38(5)6)73-65(86)52(76-68(89)91-34-53-46(17)92-47(18)72-53)30-58(81)93-55(27-43(14)63(84)78-60(41(11)12)67(88)70-32-39(7)8)50(25-37(3)4)74-64(85)51(29-57(80)90-33-48-22-20-19-21-23-48)75-61(82)44(15)28-56-71-45(16)35-94-56/h19-23,35-44,49-52,54-55,59-60,79H,24-34H2,1-18H3,(H,69,87)(H,70,88)(H,73,86)(H,74,85)(H,75,82)(H,76,89)(H,77,83)(H,78,84). The van der Waals surface area contributed by atoms with Crippen LogP contribution in [-0.2, 0) is 77.0 Å². The van der Waals surface area contributed by atoms with Crippen molar-refractivity contribution in [3.8, 4) is 0 Å². The first-order valence-corrected chi connectivity index (χ1v) is 33.8. The number of rotatable bonds is 40. The second kappa shape index (κ2) is 40.0. The third kappa shape index (κ3) is 29.4. The fraction of sp³-hybridized carbons (Fsp3) is 0.676. The van der Waals surface area contributed by atoms with E-state index in [1.54, 1.807) is 92.6 Å². The summed E-state index contributed by atoms with van der Waals surface area (Å²) in [6, 6.07) is 1.44. The van der Waals surface area contributed by atoms with Crippen LogP contribution in [0.4, 0.5) is 4.79 Å². The van der Waals surface area contributed by atoms with Crippen molar-refractivity contribution in [2.75, 3.05) is 13.1 Å². The van der Waals surface area contributed by atoms with Crippen LogP contribution >= 0.6 is 11.3 Å². The van der Waals surface area contributed by atoms with Gasteiger partial charge in [0.25, 0.3) is 0 Å². The van der Waals surface area contributed by atoms with E-state index in [9.17, 15) is 53.1 Å². The molecule has 0 fully saturated rings. The average Bonchev–Trinajstić information content (AvgIpc) is 1.23. The molecular weight excluding hydrogens is 1230 g/mol. The monoisotopic (exact) mass is 1340 g/mol. The zero-order valence-electron chi connectivity index (χ0n) is 58.5. The summed E-state index contributed by atoms with van der Waals surface area (Å²) in [4.78, 5) is 150. The van der Waals surface area contributed by atoms with E-state index in [1.165, 1.54) is 11.3 Å². The first kappa shape index (κ1) is 80.8. The van der Waals surface area contributed by atoms with E-state index < -0.39 is 139 Å². The second-order valence-electron chi connectivity index (χ2n) is 27.2. The first-order valence-electron chi connectivity index (χ1n) is 32.9. The van der Waals surface area contributed by atoms with Crippen LogP contribution < -0.4 is 42.5 Å². The number of hydrogen-bond donors (Lipinski definition) is 9. The second-order valence-corrected chi connectivity index (χ2v) is 28.2. The molecule has 2 heterocycles. The number of oxazole rings is 1. The summed E-state index contributed by atoms with van der Waals surface area (Å²) in [5.41, 5.74) is 1.73. The summed E-state index contributed by atoms with van der Waals surface area (Å²) in [5, 5.41) is 36.8. The number of nitrogens with one attached hydrogen (secondary N) is 8. The van der Waals surface area contributed by atoms with Gasteiger partial charge >= 0.3 is 18.0 Å². The van der Waals surface area contributed by atoms with Gasteiger partial charge in [0.2, 0.25) is 41.4 Å². The molecule has 11 atom stereocenters. The molecule has 94 heavy (non-hydrogen) atoms. The maximum absolute atomic E-state index is 14.9. The number of amides is 8. The van der Waals surface area contributed by atoms with E-state index in [1.807, 2.05) is 67.7 Å². The summed E-state index contributed by atoms with van der Waals surface area (Å²) < 4.78 is 22.9. The predicted molar refractivity (Wildman–Crippen MR) is 356 cm³/mol. The molecule has 25 nitrogen and oxygen atoms in total. The van der Waals surface area contributed by atoms with Crippen molar-refractivity contribution < 1.29 is 71.7 Å². The Kier molecular flexibility index (Phi) is 34.4. The normalized spacial score (nSPS) is 15.1. The number of thiazole rings is 1. The lowest BCUT2D eigenvalue weighted by Crippen LogP contribution is -2.56. The maximum Gasteiger partial charge on any atom is 0.408 e. The van der Waals surface area contributed by atoms with Gasteiger partial charge in [-0.1, -0.05) is 134 Å². The number of carbonyl (C=O) groups is 10. The first-order chi connectivity index (χ1) is 44.0. The van der Waals surface area contributed by atoms with Gasteiger partial charge < -0.3 is 66.3 Å². The van der Waals surface area contributed by atoms with Gasteiger partial charge in [-0.2, -0.15) is 0 Å². The highest BCUT2D eigenvalue weighted by molar-refractivity contribution is 7.09. The zero-order valence-corrected chi connectivity index (χ0v) is 59.3. The molecule has 1 aromatic carbocycles. The molecule has 2 aromatic heterocycles. The minimum absolute atomic E-state index is 0.0767. The van der Waals surface area contributed by atoms with Crippen LogP contribution in [0.25, 0.3) is 0 Å².